The minimum absolute atomic E-state index is 0.163. The predicted molar refractivity (Wildman–Crippen MR) is 54.3 cm³/mol. The van der Waals surface area contributed by atoms with E-state index >= 15 is 0 Å². The van der Waals surface area contributed by atoms with E-state index in [2.05, 4.69) is 5.32 Å². The lowest BCUT2D eigenvalue weighted by atomic mass is 10.0. The van der Waals surface area contributed by atoms with Crippen molar-refractivity contribution in [1.29, 1.82) is 0 Å². The highest BCUT2D eigenvalue weighted by molar-refractivity contribution is 5.81. The average molecular weight is 201 g/mol. The van der Waals surface area contributed by atoms with E-state index in [9.17, 15) is 9.59 Å². The molecule has 0 aliphatic heterocycles. The zero-order valence-electron chi connectivity index (χ0n) is 8.96. The number of nitrogens with one attached hydrogen (secondary N) is 1. The maximum Gasteiger partial charge on any atom is 0.234 e. The molecule has 0 spiro atoms. The van der Waals surface area contributed by atoms with E-state index in [4.69, 9.17) is 11.5 Å². The van der Waals surface area contributed by atoms with Crippen LogP contribution in [0.25, 0.3) is 0 Å². The number of amides is 2. The van der Waals surface area contributed by atoms with Crippen LogP contribution in [0.4, 0.5) is 0 Å². The summed E-state index contributed by atoms with van der Waals surface area (Å²) >= 11 is 0. The summed E-state index contributed by atoms with van der Waals surface area (Å²) < 4.78 is 0. The topological polar surface area (TPSA) is 98.2 Å². The molecule has 0 aliphatic carbocycles. The first-order valence-electron chi connectivity index (χ1n) is 4.57. The quantitative estimate of drug-likeness (QED) is 0.559. The van der Waals surface area contributed by atoms with Crippen molar-refractivity contribution in [3.8, 4) is 0 Å². The lowest BCUT2D eigenvalue weighted by molar-refractivity contribution is -0.121. The molecule has 14 heavy (non-hydrogen) atoms. The third-order valence-electron chi connectivity index (χ3n) is 1.63. The summed E-state index contributed by atoms with van der Waals surface area (Å²) in [7, 11) is 0. The van der Waals surface area contributed by atoms with Crippen LogP contribution in [0.15, 0.2) is 0 Å². The molecule has 0 aromatic rings. The van der Waals surface area contributed by atoms with Crippen LogP contribution in [0.1, 0.15) is 33.6 Å². The molecule has 0 heterocycles. The van der Waals surface area contributed by atoms with Crippen molar-refractivity contribution in [1.82, 2.24) is 5.32 Å². The zero-order valence-corrected chi connectivity index (χ0v) is 8.96. The minimum Gasteiger partial charge on any atom is -0.370 e. The fourth-order valence-corrected chi connectivity index (χ4v) is 1.09. The molecule has 5 N–H and O–H groups in total. The molecule has 0 fully saturated rings. The van der Waals surface area contributed by atoms with Crippen molar-refractivity contribution in [2.45, 2.75) is 45.2 Å². The third-order valence-corrected chi connectivity index (χ3v) is 1.63. The Kier molecular flexibility index (Phi) is 4.56. The average Bonchev–Trinajstić information content (AvgIpc) is 1.94. The number of hydrogen-bond acceptors (Lipinski definition) is 3. The number of primary amides is 2. The Balaban J connectivity index is 4.17. The fourth-order valence-electron chi connectivity index (χ4n) is 1.09. The Bertz CT molecular complexity index is 221. The number of rotatable bonds is 5. The van der Waals surface area contributed by atoms with Gasteiger partial charge in [-0.15, -0.1) is 0 Å². The molecule has 0 aromatic carbocycles. The third kappa shape index (κ3) is 6.42. The van der Waals surface area contributed by atoms with Crippen LogP contribution in [0.2, 0.25) is 0 Å². The molecule has 0 saturated heterocycles. The first-order valence-corrected chi connectivity index (χ1v) is 4.57. The molecule has 5 nitrogen and oxygen atoms in total. The van der Waals surface area contributed by atoms with Crippen molar-refractivity contribution in [3.63, 3.8) is 0 Å². The van der Waals surface area contributed by atoms with Gasteiger partial charge in [0.05, 0.1) is 6.04 Å². The molecular weight excluding hydrogens is 182 g/mol. The van der Waals surface area contributed by atoms with Gasteiger partial charge in [0.2, 0.25) is 11.8 Å². The van der Waals surface area contributed by atoms with Gasteiger partial charge < -0.3 is 16.8 Å². The van der Waals surface area contributed by atoms with E-state index < -0.39 is 17.9 Å². The molecule has 0 aliphatic rings. The minimum atomic E-state index is -0.498. The second kappa shape index (κ2) is 4.95. The van der Waals surface area contributed by atoms with Gasteiger partial charge >= 0.3 is 0 Å². The maximum absolute atomic E-state index is 11.0. The molecule has 2 amide bonds. The summed E-state index contributed by atoms with van der Waals surface area (Å²) in [6, 6.07) is -0.498. The summed E-state index contributed by atoms with van der Waals surface area (Å²) in [5.41, 5.74) is 9.95. The lowest BCUT2D eigenvalue weighted by Gasteiger charge is -2.26. The van der Waals surface area contributed by atoms with Crippen LogP contribution in [-0.2, 0) is 9.59 Å². The number of nitrogens with two attached hydrogens (primary N) is 2. The largest absolute Gasteiger partial charge is 0.370 e. The SMILES string of the molecule is CC(C)(C)NC(CCC(N)=O)C(N)=O. The van der Waals surface area contributed by atoms with Crippen LogP contribution in [0.5, 0.6) is 0 Å². The van der Waals surface area contributed by atoms with E-state index in [0.717, 1.165) is 0 Å². The van der Waals surface area contributed by atoms with Crippen molar-refractivity contribution in [3.05, 3.63) is 0 Å². The summed E-state index contributed by atoms with van der Waals surface area (Å²) in [6.45, 7) is 5.77. The molecule has 0 aromatic heterocycles. The second-order valence-electron chi connectivity index (χ2n) is 4.35. The summed E-state index contributed by atoms with van der Waals surface area (Å²) in [5.74, 6) is -0.881. The van der Waals surface area contributed by atoms with Crippen LogP contribution < -0.4 is 16.8 Å². The van der Waals surface area contributed by atoms with Gasteiger partial charge in [-0.25, -0.2) is 0 Å². The van der Waals surface area contributed by atoms with Crippen molar-refractivity contribution < 1.29 is 9.59 Å². The van der Waals surface area contributed by atoms with Gasteiger partial charge in [0.15, 0.2) is 0 Å². The Morgan fingerprint density at radius 2 is 1.79 bits per heavy atom. The number of carbonyl (C=O) groups is 2. The lowest BCUT2D eigenvalue weighted by Crippen LogP contribution is -2.50. The summed E-state index contributed by atoms with van der Waals surface area (Å²) in [5, 5.41) is 3.03. The van der Waals surface area contributed by atoms with Gasteiger partial charge in [-0.1, -0.05) is 0 Å². The summed E-state index contributed by atoms with van der Waals surface area (Å²) in [4.78, 5) is 21.5. The molecule has 1 atom stereocenters. The van der Waals surface area contributed by atoms with Crippen LogP contribution in [0.3, 0.4) is 0 Å². The molecule has 0 radical (unpaired) electrons. The van der Waals surface area contributed by atoms with Gasteiger partial charge in [0.1, 0.15) is 0 Å². The van der Waals surface area contributed by atoms with E-state index in [1.165, 1.54) is 0 Å². The van der Waals surface area contributed by atoms with Gasteiger partial charge in [0.25, 0.3) is 0 Å². The molecule has 0 rings (SSSR count). The Hall–Kier alpha value is -1.10. The van der Waals surface area contributed by atoms with Crippen LogP contribution in [-0.4, -0.2) is 23.4 Å². The highest BCUT2D eigenvalue weighted by Crippen LogP contribution is 2.05. The smallest absolute Gasteiger partial charge is 0.234 e. The molecule has 0 bridgehead atoms. The van der Waals surface area contributed by atoms with Gasteiger partial charge in [-0.05, 0) is 27.2 Å². The van der Waals surface area contributed by atoms with Crippen molar-refractivity contribution in [2.75, 3.05) is 0 Å². The summed E-state index contributed by atoms with van der Waals surface area (Å²) in [6.07, 6.45) is 0.513. The monoisotopic (exact) mass is 201 g/mol. The van der Waals surface area contributed by atoms with E-state index in [0.29, 0.717) is 6.42 Å². The van der Waals surface area contributed by atoms with Crippen molar-refractivity contribution >= 4 is 11.8 Å². The normalized spacial score (nSPS) is 13.6. The molecule has 0 saturated carbocycles. The number of hydrogen-bond donors (Lipinski definition) is 3. The molecular formula is C9H19N3O2. The first kappa shape index (κ1) is 12.9. The Morgan fingerprint density at radius 1 is 1.29 bits per heavy atom. The highest BCUT2D eigenvalue weighted by atomic mass is 16.1. The Labute approximate surface area is 84.2 Å². The van der Waals surface area contributed by atoms with Crippen molar-refractivity contribution in [2.24, 2.45) is 11.5 Å². The van der Waals surface area contributed by atoms with E-state index in [1.807, 2.05) is 20.8 Å². The van der Waals surface area contributed by atoms with Crippen LogP contribution in [0, 0.1) is 0 Å². The zero-order chi connectivity index (χ0) is 11.4. The van der Waals surface area contributed by atoms with E-state index in [1.54, 1.807) is 0 Å². The standard InChI is InChI=1S/C9H19N3O2/c1-9(2,3)12-6(8(11)14)4-5-7(10)13/h6,12H,4-5H2,1-3H3,(H2,10,13)(H2,11,14). The Morgan fingerprint density at radius 3 is 2.07 bits per heavy atom. The predicted octanol–water partition coefficient (Wildman–Crippen LogP) is -0.506. The fraction of sp³-hybridized carbons (Fsp3) is 0.778. The first-order chi connectivity index (χ1) is 6.22. The van der Waals surface area contributed by atoms with Gasteiger partial charge in [-0.3, -0.25) is 9.59 Å². The van der Waals surface area contributed by atoms with E-state index in [-0.39, 0.29) is 12.0 Å². The molecule has 5 heteroatoms. The maximum atomic E-state index is 11.0. The second-order valence-corrected chi connectivity index (χ2v) is 4.35. The van der Waals surface area contributed by atoms with Crippen LogP contribution >= 0.6 is 0 Å². The van der Waals surface area contributed by atoms with Gasteiger partial charge in [-0.2, -0.15) is 0 Å². The van der Waals surface area contributed by atoms with Gasteiger partial charge in [0, 0.05) is 12.0 Å². The highest BCUT2D eigenvalue weighted by Gasteiger charge is 2.21. The molecule has 82 valence electrons. The molecule has 1 unspecified atom stereocenters. The number of carbonyl (C=O) groups excluding carboxylic acids is 2.